The predicted molar refractivity (Wildman–Crippen MR) is 110 cm³/mol. The lowest BCUT2D eigenvalue weighted by atomic mass is 10.1. The van der Waals surface area contributed by atoms with Crippen LogP contribution >= 0.6 is 0 Å². The average Bonchev–Trinajstić information content (AvgIpc) is 3.17. The summed E-state index contributed by atoms with van der Waals surface area (Å²) in [6.07, 6.45) is 3.87. The van der Waals surface area contributed by atoms with Crippen LogP contribution in [0, 0.1) is 5.21 Å². The zero-order chi connectivity index (χ0) is 20.5. The van der Waals surface area contributed by atoms with E-state index in [1.165, 1.54) is 17.2 Å². The molecule has 2 N–H and O–H groups in total. The highest BCUT2D eigenvalue weighted by Gasteiger charge is 2.20. The lowest BCUT2D eigenvalue weighted by molar-refractivity contribution is -0.608. The van der Waals surface area contributed by atoms with Gasteiger partial charge in [-0.1, -0.05) is 18.2 Å². The fraction of sp³-hybridized carbons (Fsp3) is 0. The smallest absolute Gasteiger partial charge is 0.291 e. The maximum absolute atomic E-state index is 11.3. The number of anilines is 1. The van der Waals surface area contributed by atoms with Gasteiger partial charge in [-0.15, -0.1) is 0 Å². The van der Waals surface area contributed by atoms with E-state index in [1.54, 1.807) is 6.07 Å². The number of ether oxygens (including phenoxy) is 1. The molecule has 146 valence electrons. The molecular weight excluding hydrogens is 382 g/mol. The van der Waals surface area contributed by atoms with E-state index in [4.69, 9.17) is 10.5 Å². The van der Waals surface area contributed by atoms with Gasteiger partial charge in [-0.2, -0.15) is 9.78 Å². The fourth-order valence-corrected chi connectivity index (χ4v) is 3.10. The minimum Gasteiger partial charge on any atom is -0.711 e. The number of aromatic nitrogens is 6. The van der Waals surface area contributed by atoms with Gasteiger partial charge >= 0.3 is 0 Å². The highest BCUT2D eigenvalue weighted by molar-refractivity contribution is 5.98. The Balaban J connectivity index is 1.58. The standard InChI is InChI=1S/C21H15N7O2/c22-20-18-19(14-6-8-16(9-7-14)30-15-4-2-1-3-5-15)26-28(21(18)24-12-23-20)17-10-11-27(29)13-25-17/h1-13H,(H2,22,23,24). The number of hydrogen-bond acceptors (Lipinski definition) is 7. The van der Waals surface area contributed by atoms with Crippen molar-refractivity contribution in [3.63, 3.8) is 0 Å². The van der Waals surface area contributed by atoms with Gasteiger partial charge in [-0.3, -0.25) is 0 Å². The van der Waals surface area contributed by atoms with Gasteiger partial charge in [0.15, 0.2) is 5.65 Å². The lowest BCUT2D eigenvalue weighted by Crippen LogP contribution is -2.25. The zero-order valence-corrected chi connectivity index (χ0v) is 15.6. The summed E-state index contributed by atoms with van der Waals surface area (Å²) in [5.74, 6) is 2.20. The molecule has 5 aromatic rings. The molecule has 3 aromatic heterocycles. The third-order valence-electron chi connectivity index (χ3n) is 4.49. The summed E-state index contributed by atoms with van der Waals surface area (Å²) in [4.78, 5) is 12.5. The number of fused-ring (bicyclic) bond motifs is 1. The van der Waals surface area contributed by atoms with Crippen LogP contribution in [0.4, 0.5) is 5.82 Å². The third kappa shape index (κ3) is 3.14. The first-order chi connectivity index (χ1) is 14.7. The molecule has 9 nitrogen and oxygen atoms in total. The number of nitrogens with two attached hydrogens (primary N) is 1. The molecular formula is C21H15N7O2. The van der Waals surface area contributed by atoms with Gasteiger partial charge in [0.05, 0.1) is 11.6 Å². The van der Waals surface area contributed by atoms with Gasteiger partial charge in [0.2, 0.25) is 0 Å². The zero-order valence-electron chi connectivity index (χ0n) is 15.6. The molecule has 0 amide bonds. The molecule has 0 bridgehead atoms. The molecule has 0 fully saturated rings. The van der Waals surface area contributed by atoms with Gasteiger partial charge in [0.1, 0.15) is 29.3 Å². The van der Waals surface area contributed by atoms with Gasteiger partial charge in [0, 0.05) is 11.6 Å². The maximum Gasteiger partial charge on any atom is 0.291 e. The molecule has 0 radical (unpaired) electrons. The van der Waals surface area contributed by atoms with E-state index in [0.717, 1.165) is 17.6 Å². The molecule has 0 aliphatic rings. The molecule has 5 rings (SSSR count). The first-order valence-electron chi connectivity index (χ1n) is 9.07. The second kappa shape index (κ2) is 7.13. The van der Waals surface area contributed by atoms with E-state index in [0.29, 0.717) is 38.8 Å². The Bertz CT molecular complexity index is 1320. The van der Waals surface area contributed by atoms with Gasteiger partial charge < -0.3 is 15.7 Å². The van der Waals surface area contributed by atoms with Gasteiger partial charge in [-0.05, 0) is 41.4 Å². The van der Waals surface area contributed by atoms with Crippen molar-refractivity contribution in [3.8, 4) is 28.6 Å². The SMILES string of the molecule is Nc1ncnc2c1c(-c1ccc(Oc3ccccc3)cc1)nn2-c1cc[n+]([O-])cn1. The molecule has 0 unspecified atom stereocenters. The Hall–Kier alpha value is -4.53. The summed E-state index contributed by atoms with van der Waals surface area (Å²) in [6, 6.07) is 18.6. The molecule has 0 spiro atoms. The highest BCUT2D eigenvalue weighted by Crippen LogP contribution is 2.32. The Kier molecular flexibility index (Phi) is 4.18. The molecule has 0 saturated heterocycles. The van der Waals surface area contributed by atoms with E-state index < -0.39 is 0 Å². The van der Waals surface area contributed by atoms with E-state index in [9.17, 15) is 5.21 Å². The normalized spacial score (nSPS) is 10.9. The maximum atomic E-state index is 11.3. The quantitative estimate of drug-likeness (QED) is 0.366. The first kappa shape index (κ1) is 17.6. The first-order valence-corrected chi connectivity index (χ1v) is 9.07. The van der Waals surface area contributed by atoms with Crippen LogP contribution in [0.15, 0.2) is 79.5 Å². The molecule has 30 heavy (non-hydrogen) atoms. The second-order valence-corrected chi connectivity index (χ2v) is 6.44. The van der Waals surface area contributed by atoms with Crippen molar-refractivity contribution in [1.82, 2.24) is 24.7 Å². The molecule has 0 atom stereocenters. The molecule has 9 heteroatoms. The number of para-hydroxylation sites is 1. The molecule has 0 aliphatic carbocycles. The van der Waals surface area contributed by atoms with Crippen LogP contribution in [0.1, 0.15) is 0 Å². The molecule has 0 saturated carbocycles. The Morgan fingerprint density at radius 2 is 1.67 bits per heavy atom. The van der Waals surface area contributed by atoms with Crippen LogP contribution in [0.5, 0.6) is 11.5 Å². The summed E-state index contributed by atoms with van der Waals surface area (Å²) >= 11 is 0. The predicted octanol–water partition coefficient (Wildman–Crippen LogP) is 2.89. The van der Waals surface area contributed by atoms with Gasteiger partial charge in [0.25, 0.3) is 12.1 Å². The highest BCUT2D eigenvalue weighted by atomic mass is 16.5. The van der Waals surface area contributed by atoms with Crippen molar-refractivity contribution in [3.05, 3.63) is 84.7 Å². The summed E-state index contributed by atoms with van der Waals surface area (Å²) in [6.45, 7) is 0. The summed E-state index contributed by atoms with van der Waals surface area (Å²) < 4.78 is 7.99. The van der Waals surface area contributed by atoms with Crippen LogP contribution in [-0.2, 0) is 0 Å². The summed E-state index contributed by atoms with van der Waals surface area (Å²) in [5.41, 5.74) is 8.06. The van der Waals surface area contributed by atoms with Crippen LogP contribution < -0.4 is 15.2 Å². The van der Waals surface area contributed by atoms with Crippen molar-refractivity contribution in [2.24, 2.45) is 0 Å². The molecule has 3 heterocycles. The topological polar surface area (TPSA) is 119 Å². The average molecular weight is 397 g/mol. The van der Waals surface area contributed by atoms with Crippen molar-refractivity contribution >= 4 is 16.9 Å². The minimum absolute atomic E-state index is 0.306. The van der Waals surface area contributed by atoms with Gasteiger partial charge in [-0.25, -0.2) is 14.7 Å². The summed E-state index contributed by atoms with van der Waals surface area (Å²) in [7, 11) is 0. The van der Waals surface area contributed by atoms with Crippen molar-refractivity contribution in [2.75, 3.05) is 5.73 Å². The Morgan fingerprint density at radius 1 is 0.900 bits per heavy atom. The van der Waals surface area contributed by atoms with E-state index in [1.807, 2.05) is 54.6 Å². The van der Waals surface area contributed by atoms with E-state index >= 15 is 0 Å². The number of benzene rings is 2. The third-order valence-corrected chi connectivity index (χ3v) is 4.49. The number of nitrogens with zero attached hydrogens (tertiary/aromatic N) is 6. The lowest BCUT2D eigenvalue weighted by Gasteiger charge is -2.06. The van der Waals surface area contributed by atoms with Crippen LogP contribution in [-0.4, -0.2) is 24.7 Å². The van der Waals surface area contributed by atoms with Crippen LogP contribution in [0.3, 0.4) is 0 Å². The second-order valence-electron chi connectivity index (χ2n) is 6.44. The molecule has 0 aliphatic heterocycles. The number of nitrogen functional groups attached to an aromatic ring is 1. The minimum atomic E-state index is 0.306. The number of hydrogen-bond donors (Lipinski definition) is 1. The van der Waals surface area contributed by atoms with Crippen molar-refractivity contribution < 1.29 is 9.47 Å². The van der Waals surface area contributed by atoms with Crippen LogP contribution in [0.25, 0.3) is 28.1 Å². The number of rotatable bonds is 4. The monoisotopic (exact) mass is 397 g/mol. The Morgan fingerprint density at radius 3 is 2.40 bits per heavy atom. The van der Waals surface area contributed by atoms with Crippen molar-refractivity contribution in [2.45, 2.75) is 0 Å². The van der Waals surface area contributed by atoms with E-state index in [2.05, 4.69) is 20.1 Å². The fourth-order valence-electron chi connectivity index (χ4n) is 3.10. The van der Waals surface area contributed by atoms with Crippen molar-refractivity contribution in [1.29, 1.82) is 0 Å². The summed E-state index contributed by atoms with van der Waals surface area (Å²) in [5, 5.41) is 16.6. The van der Waals surface area contributed by atoms with Crippen LogP contribution in [0.2, 0.25) is 0 Å². The molecule has 2 aromatic carbocycles. The Labute approximate surface area is 170 Å². The van der Waals surface area contributed by atoms with E-state index in [-0.39, 0.29) is 0 Å². The largest absolute Gasteiger partial charge is 0.711 e.